The molecule has 1 atom stereocenters. The number of hydrogen-bond acceptors (Lipinski definition) is 7. The first-order valence-corrected chi connectivity index (χ1v) is 13.4. The predicted molar refractivity (Wildman–Crippen MR) is 150 cm³/mol. The molecule has 3 heterocycles. The van der Waals surface area contributed by atoms with E-state index in [0.29, 0.717) is 39.2 Å². The van der Waals surface area contributed by atoms with Crippen molar-refractivity contribution in [3.8, 4) is 5.75 Å². The topological polar surface area (TPSA) is 92.6 Å². The van der Waals surface area contributed by atoms with Gasteiger partial charge in [0.1, 0.15) is 11.5 Å². The van der Waals surface area contributed by atoms with Crippen LogP contribution in [-0.2, 0) is 9.59 Å². The molecule has 1 aliphatic rings. The first-order valence-electron chi connectivity index (χ1n) is 12.3. The summed E-state index contributed by atoms with van der Waals surface area (Å²) in [7, 11) is 0. The van der Waals surface area contributed by atoms with Crippen LogP contribution in [0.4, 0.5) is 5.13 Å². The molecule has 9 heteroatoms. The Morgan fingerprint density at radius 1 is 1.21 bits per heavy atom. The van der Waals surface area contributed by atoms with Crippen LogP contribution in [0.3, 0.4) is 0 Å². The SMILES string of the molecule is CCOc1ccc(/C(O)=C2\C(=O)C(=O)N(c3nc4cc(Cl)c(C)cc4s3)C2c2cccnc2)cc1C(C)C. The van der Waals surface area contributed by atoms with E-state index in [0.717, 1.165) is 15.8 Å². The maximum absolute atomic E-state index is 13.5. The van der Waals surface area contributed by atoms with E-state index in [2.05, 4.69) is 9.97 Å². The van der Waals surface area contributed by atoms with E-state index in [1.54, 1.807) is 48.8 Å². The lowest BCUT2D eigenvalue weighted by Crippen LogP contribution is -2.29. The van der Waals surface area contributed by atoms with Crippen LogP contribution in [0.25, 0.3) is 16.0 Å². The third kappa shape index (κ3) is 4.44. The van der Waals surface area contributed by atoms with Crippen molar-refractivity contribution in [3.05, 3.63) is 87.7 Å². The van der Waals surface area contributed by atoms with Crippen molar-refractivity contribution in [2.75, 3.05) is 11.5 Å². The molecule has 1 saturated heterocycles. The first kappa shape index (κ1) is 25.9. The summed E-state index contributed by atoms with van der Waals surface area (Å²) in [6.07, 6.45) is 3.20. The monoisotopic (exact) mass is 547 g/mol. The number of nitrogens with zero attached hydrogens (tertiary/aromatic N) is 3. The van der Waals surface area contributed by atoms with Gasteiger partial charge in [-0.2, -0.15) is 0 Å². The summed E-state index contributed by atoms with van der Waals surface area (Å²) >= 11 is 7.59. The summed E-state index contributed by atoms with van der Waals surface area (Å²) in [6.45, 7) is 8.36. The number of carbonyl (C=O) groups excluding carboxylic acids is 2. The maximum Gasteiger partial charge on any atom is 0.301 e. The number of aliphatic hydroxyl groups is 1. The van der Waals surface area contributed by atoms with Crippen LogP contribution in [0.1, 0.15) is 55.0 Å². The number of pyridine rings is 1. The zero-order valence-electron chi connectivity index (χ0n) is 21.4. The molecule has 0 saturated carbocycles. The second-order valence-corrected chi connectivity index (χ2v) is 10.8. The zero-order valence-corrected chi connectivity index (χ0v) is 22.9. The number of benzene rings is 2. The molecule has 4 aromatic rings. The van der Waals surface area contributed by atoms with Gasteiger partial charge in [0.15, 0.2) is 5.13 Å². The van der Waals surface area contributed by atoms with Crippen molar-refractivity contribution < 1.29 is 19.4 Å². The van der Waals surface area contributed by atoms with Crippen molar-refractivity contribution in [1.29, 1.82) is 0 Å². The molecule has 2 aromatic carbocycles. The molecular formula is C29H26ClN3O4S. The van der Waals surface area contributed by atoms with E-state index < -0.39 is 17.7 Å². The van der Waals surface area contributed by atoms with E-state index in [-0.39, 0.29) is 17.3 Å². The van der Waals surface area contributed by atoms with Gasteiger partial charge < -0.3 is 9.84 Å². The van der Waals surface area contributed by atoms with Crippen LogP contribution in [0.15, 0.2) is 60.4 Å². The molecule has 1 fully saturated rings. The Kier molecular flexibility index (Phi) is 6.94. The van der Waals surface area contributed by atoms with Gasteiger partial charge in [-0.3, -0.25) is 19.5 Å². The molecule has 1 aliphatic heterocycles. The lowest BCUT2D eigenvalue weighted by atomic mass is 9.94. The van der Waals surface area contributed by atoms with Gasteiger partial charge in [-0.15, -0.1) is 0 Å². The number of aliphatic hydroxyl groups excluding tert-OH is 1. The molecule has 1 amide bonds. The van der Waals surface area contributed by atoms with Crippen molar-refractivity contribution in [2.45, 2.75) is 39.7 Å². The van der Waals surface area contributed by atoms with E-state index >= 15 is 0 Å². The molecule has 38 heavy (non-hydrogen) atoms. The second kappa shape index (κ2) is 10.2. The van der Waals surface area contributed by atoms with Gasteiger partial charge in [0, 0.05) is 23.0 Å². The number of Topliss-reactive ketones (excluding diaryl/α,β-unsaturated/α-hetero) is 1. The third-order valence-corrected chi connectivity index (χ3v) is 7.94. The van der Waals surface area contributed by atoms with Gasteiger partial charge >= 0.3 is 5.91 Å². The molecule has 0 bridgehead atoms. The van der Waals surface area contributed by atoms with Crippen LogP contribution < -0.4 is 9.64 Å². The number of fused-ring (bicyclic) bond motifs is 1. The number of amides is 1. The highest BCUT2D eigenvalue weighted by molar-refractivity contribution is 7.22. The highest BCUT2D eigenvalue weighted by Crippen LogP contribution is 2.45. The standard InChI is InChI=1S/C29H26ClN3O4S/c1-5-37-22-9-8-17(12-19(22)15(2)3)26(34)24-25(18-7-6-10-31-14-18)33(28(36)27(24)35)29-32-21-13-20(30)16(4)11-23(21)38-29/h6-15,25,34H,5H2,1-4H3/b26-24+. The van der Waals surface area contributed by atoms with E-state index in [4.69, 9.17) is 16.3 Å². The summed E-state index contributed by atoms with van der Waals surface area (Å²) in [5, 5.41) is 12.4. The Bertz CT molecular complexity index is 1560. The Labute approximate surface area is 229 Å². The molecule has 0 aliphatic carbocycles. The van der Waals surface area contributed by atoms with Crippen LogP contribution >= 0.6 is 22.9 Å². The molecule has 0 spiro atoms. The highest BCUT2D eigenvalue weighted by Gasteiger charge is 2.48. The zero-order chi connectivity index (χ0) is 27.1. The average Bonchev–Trinajstić information content (AvgIpc) is 3.42. The molecule has 0 radical (unpaired) electrons. The fourth-order valence-corrected chi connectivity index (χ4v) is 5.84. The summed E-state index contributed by atoms with van der Waals surface area (Å²) in [6, 6.07) is 11.5. The summed E-state index contributed by atoms with van der Waals surface area (Å²) < 4.78 is 6.59. The minimum absolute atomic E-state index is 0.0182. The van der Waals surface area contributed by atoms with Gasteiger partial charge in [0.2, 0.25) is 0 Å². The molecule has 7 nitrogen and oxygen atoms in total. The highest BCUT2D eigenvalue weighted by atomic mass is 35.5. The first-order chi connectivity index (χ1) is 18.2. The fraction of sp³-hybridized carbons (Fsp3) is 0.241. The van der Waals surface area contributed by atoms with Crippen LogP contribution in [-0.4, -0.2) is 33.4 Å². The number of carbonyl (C=O) groups is 2. The number of aromatic nitrogens is 2. The minimum Gasteiger partial charge on any atom is -0.507 e. The number of ketones is 1. The van der Waals surface area contributed by atoms with Gasteiger partial charge in [0.25, 0.3) is 5.78 Å². The number of halogens is 1. The molecule has 1 N–H and O–H groups in total. The van der Waals surface area contributed by atoms with E-state index in [1.807, 2.05) is 33.8 Å². The average molecular weight is 548 g/mol. The van der Waals surface area contributed by atoms with Crippen LogP contribution in [0.5, 0.6) is 5.75 Å². The van der Waals surface area contributed by atoms with Gasteiger partial charge in [0.05, 0.1) is 28.4 Å². The Hall–Kier alpha value is -3.75. The summed E-state index contributed by atoms with van der Waals surface area (Å²) in [4.78, 5) is 37.2. The fourth-order valence-electron chi connectivity index (χ4n) is 4.61. The van der Waals surface area contributed by atoms with Crippen LogP contribution in [0, 0.1) is 6.92 Å². The summed E-state index contributed by atoms with van der Waals surface area (Å²) in [5.74, 6) is -0.989. The largest absolute Gasteiger partial charge is 0.507 e. The smallest absolute Gasteiger partial charge is 0.301 e. The number of thiazole rings is 1. The minimum atomic E-state index is -0.908. The van der Waals surface area contributed by atoms with Gasteiger partial charge in [-0.25, -0.2) is 4.98 Å². The molecule has 1 unspecified atom stereocenters. The Morgan fingerprint density at radius 3 is 2.68 bits per heavy atom. The van der Waals surface area contributed by atoms with Crippen molar-refractivity contribution in [2.24, 2.45) is 0 Å². The van der Waals surface area contributed by atoms with Crippen molar-refractivity contribution >= 4 is 55.7 Å². The quantitative estimate of drug-likeness (QED) is 0.162. The van der Waals surface area contributed by atoms with Gasteiger partial charge in [-0.05, 0) is 72.9 Å². The third-order valence-electron chi connectivity index (χ3n) is 6.51. The van der Waals surface area contributed by atoms with Gasteiger partial charge in [-0.1, -0.05) is 42.9 Å². The van der Waals surface area contributed by atoms with E-state index in [1.165, 1.54) is 16.2 Å². The van der Waals surface area contributed by atoms with Crippen LogP contribution in [0.2, 0.25) is 5.02 Å². The van der Waals surface area contributed by atoms with Crippen molar-refractivity contribution in [1.82, 2.24) is 9.97 Å². The lowest BCUT2D eigenvalue weighted by Gasteiger charge is -2.22. The number of anilines is 1. The molecule has 194 valence electrons. The lowest BCUT2D eigenvalue weighted by molar-refractivity contribution is -0.132. The normalized spacial score (nSPS) is 17.1. The number of hydrogen-bond donors (Lipinski definition) is 1. The Balaban J connectivity index is 1.70. The maximum atomic E-state index is 13.5. The molecule has 2 aromatic heterocycles. The summed E-state index contributed by atoms with van der Waals surface area (Å²) in [5.41, 5.74) is 3.39. The Morgan fingerprint density at radius 2 is 2.00 bits per heavy atom. The van der Waals surface area contributed by atoms with E-state index in [9.17, 15) is 14.7 Å². The number of rotatable bonds is 6. The second-order valence-electron chi connectivity index (χ2n) is 9.36. The van der Waals surface area contributed by atoms with Crippen molar-refractivity contribution in [3.63, 3.8) is 0 Å². The molecular weight excluding hydrogens is 522 g/mol. The molecule has 5 rings (SSSR count). The number of ether oxygens (including phenoxy) is 1. The number of aryl methyl sites for hydroxylation is 1. The predicted octanol–water partition coefficient (Wildman–Crippen LogP) is 6.80.